The van der Waals surface area contributed by atoms with Gasteiger partial charge in [0.1, 0.15) is 0 Å². The monoisotopic (exact) mass is 286 g/mol. The highest BCUT2D eigenvalue weighted by atomic mass is 16.5. The van der Waals surface area contributed by atoms with E-state index in [0.717, 1.165) is 37.7 Å². The van der Waals surface area contributed by atoms with Gasteiger partial charge in [0.25, 0.3) is 0 Å². The van der Waals surface area contributed by atoms with Crippen LogP contribution in [0.4, 0.5) is 11.8 Å². The minimum Gasteiger partial charge on any atom is -0.481 e. The largest absolute Gasteiger partial charge is 0.481 e. The van der Waals surface area contributed by atoms with E-state index in [-0.39, 0.29) is 0 Å². The first-order chi connectivity index (χ1) is 10.3. The number of hydrogen-bond donors (Lipinski definition) is 0. The quantitative estimate of drug-likeness (QED) is 0.830. The molecule has 0 radical (unpaired) electrons. The molecular formula is C14H18N6O. The Labute approximate surface area is 123 Å². The van der Waals surface area contributed by atoms with Crippen LogP contribution in [0.1, 0.15) is 5.69 Å². The Morgan fingerprint density at radius 3 is 2.43 bits per heavy atom. The zero-order valence-electron chi connectivity index (χ0n) is 12.2. The topological polar surface area (TPSA) is 67.3 Å². The molecule has 0 N–H and O–H groups in total. The Balaban J connectivity index is 1.65. The van der Waals surface area contributed by atoms with E-state index < -0.39 is 0 Å². The van der Waals surface area contributed by atoms with Crippen LogP contribution in [0.15, 0.2) is 24.4 Å². The normalized spacial score (nSPS) is 15.1. The molecule has 3 rings (SSSR count). The van der Waals surface area contributed by atoms with E-state index in [2.05, 4.69) is 30.0 Å². The van der Waals surface area contributed by atoms with Gasteiger partial charge in [-0.2, -0.15) is 10.1 Å². The van der Waals surface area contributed by atoms with Crippen LogP contribution in [0.25, 0.3) is 0 Å². The molecule has 21 heavy (non-hydrogen) atoms. The summed E-state index contributed by atoms with van der Waals surface area (Å²) >= 11 is 0. The lowest BCUT2D eigenvalue weighted by Crippen LogP contribution is -2.47. The van der Waals surface area contributed by atoms with Crippen molar-refractivity contribution in [3.05, 3.63) is 30.1 Å². The third-order valence-corrected chi connectivity index (χ3v) is 3.50. The minimum absolute atomic E-state index is 0.590. The number of rotatable bonds is 3. The second kappa shape index (κ2) is 5.90. The van der Waals surface area contributed by atoms with Gasteiger partial charge < -0.3 is 14.5 Å². The predicted octanol–water partition coefficient (Wildman–Crippen LogP) is 0.910. The highest BCUT2D eigenvalue weighted by Gasteiger charge is 2.20. The maximum absolute atomic E-state index is 5.14. The van der Waals surface area contributed by atoms with E-state index in [0.29, 0.717) is 11.8 Å². The fourth-order valence-electron chi connectivity index (χ4n) is 2.29. The maximum atomic E-state index is 5.14. The Morgan fingerprint density at radius 2 is 1.76 bits per heavy atom. The van der Waals surface area contributed by atoms with Crippen LogP contribution >= 0.6 is 0 Å². The molecule has 2 aromatic heterocycles. The van der Waals surface area contributed by atoms with Gasteiger partial charge in [-0.25, -0.2) is 4.98 Å². The van der Waals surface area contributed by atoms with Crippen molar-refractivity contribution in [1.82, 2.24) is 20.2 Å². The van der Waals surface area contributed by atoms with Gasteiger partial charge in [0, 0.05) is 38.4 Å². The van der Waals surface area contributed by atoms with Crippen molar-refractivity contribution in [1.29, 1.82) is 0 Å². The Hall–Kier alpha value is -2.44. The van der Waals surface area contributed by atoms with Crippen LogP contribution in [-0.2, 0) is 0 Å². The summed E-state index contributed by atoms with van der Waals surface area (Å²) in [6.07, 6.45) is 1.72. The lowest BCUT2D eigenvalue weighted by molar-refractivity contribution is 0.396. The van der Waals surface area contributed by atoms with Crippen molar-refractivity contribution in [2.24, 2.45) is 0 Å². The summed E-state index contributed by atoms with van der Waals surface area (Å²) in [7, 11) is 1.61. The van der Waals surface area contributed by atoms with Crippen LogP contribution in [0.3, 0.4) is 0 Å². The zero-order valence-corrected chi connectivity index (χ0v) is 12.2. The molecule has 0 aliphatic carbocycles. The molecule has 0 saturated carbocycles. The van der Waals surface area contributed by atoms with Crippen molar-refractivity contribution in [3.63, 3.8) is 0 Å². The summed E-state index contributed by atoms with van der Waals surface area (Å²) in [6, 6.07) is 5.75. The first-order valence-electron chi connectivity index (χ1n) is 6.93. The molecule has 0 aromatic carbocycles. The second-order valence-corrected chi connectivity index (χ2v) is 4.91. The molecular weight excluding hydrogens is 268 g/mol. The number of piperazine rings is 1. The number of aromatic nitrogens is 4. The summed E-state index contributed by atoms with van der Waals surface area (Å²) < 4.78 is 5.14. The Morgan fingerprint density at radius 1 is 1.00 bits per heavy atom. The van der Waals surface area contributed by atoms with Gasteiger partial charge >= 0.3 is 0 Å². The number of nitrogens with zero attached hydrogens (tertiary/aromatic N) is 6. The van der Waals surface area contributed by atoms with Crippen molar-refractivity contribution in [2.75, 3.05) is 43.1 Å². The van der Waals surface area contributed by atoms with E-state index >= 15 is 0 Å². The molecule has 0 amide bonds. The summed E-state index contributed by atoms with van der Waals surface area (Å²) in [5, 5.41) is 8.34. The number of hydrogen-bond acceptors (Lipinski definition) is 7. The molecule has 7 heteroatoms. The van der Waals surface area contributed by atoms with Crippen LogP contribution in [-0.4, -0.2) is 53.5 Å². The van der Waals surface area contributed by atoms with Gasteiger partial charge in [0.05, 0.1) is 12.8 Å². The first-order valence-corrected chi connectivity index (χ1v) is 6.93. The molecule has 1 fully saturated rings. The molecule has 0 atom stereocenters. The summed E-state index contributed by atoms with van der Waals surface area (Å²) in [5.41, 5.74) is 0.933. The van der Waals surface area contributed by atoms with Gasteiger partial charge in [-0.1, -0.05) is 0 Å². The zero-order chi connectivity index (χ0) is 14.7. The highest BCUT2D eigenvalue weighted by Crippen LogP contribution is 2.17. The fourth-order valence-corrected chi connectivity index (χ4v) is 2.29. The Bertz CT molecular complexity index is 595. The molecule has 0 bridgehead atoms. The maximum Gasteiger partial charge on any atom is 0.228 e. The van der Waals surface area contributed by atoms with Crippen LogP contribution in [0.2, 0.25) is 0 Å². The minimum atomic E-state index is 0.590. The van der Waals surface area contributed by atoms with E-state index in [9.17, 15) is 0 Å². The van der Waals surface area contributed by atoms with E-state index in [4.69, 9.17) is 4.74 Å². The van der Waals surface area contributed by atoms with E-state index in [1.165, 1.54) is 0 Å². The summed E-state index contributed by atoms with van der Waals surface area (Å²) in [6.45, 7) is 5.39. The molecule has 0 spiro atoms. The fraction of sp³-hybridized carbons (Fsp3) is 0.429. The van der Waals surface area contributed by atoms with Gasteiger partial charge in [-0.3, -0.25) is 0 Å². The lowest BCUT2D eigenvalue weighted by Gasteiger charge is -2.35. The van der Waals surface area contributed by atoms with Crippen molar-refractivity contribution in [3.8, 4) is 5.88 Å². The smallest absolute Gasteiger partial charge is 0.228 e. The number of ether oxygens (including phenoxy) is 1. The van der Waals surface area contributed by atoms with Gasteiger partial charge in [-0.05, 0) is 19.1 Å². The van der Waals surface area contributed by atoms with E-state index in [1.807, 2.05) is 19.1 Å². The predicted molar refractivity (Wildman–Crippen MR) is 79.8 cm³/mol. The molecule has 2 aromatic rings. The van der Waals surface area contributed by atoms with Gasteiger partial charge in [-0.15, -0.1) is 5.10 Å². The average Bonchev–Trinajstić information content (AvgIpc) is 2.56. The van der Waals surface area contributed by atoms with Crippen molar-refractivity contribution in [2.45, 2.75) is 6.92 Å². The number of methoxy groups -OCH3 is 1. The van der Waals surface area contributed by atoms with Crippen molar-refractivity contribution >= 4 is 11.8 Å². The van der Waals surface area contributed by atoms with E-state index in [1.54, 1.807) is 19.4 Å². The molecule has 7 nitrogen and oxygen atoms in total. The van der Waals surface area contributed by atoms with Crippen LogP contribution in [0.5, 0.6) is 5.88 Å². The van der Waals surface area contributed by atoms with Crippen LogP contribution < -0.4 is 14.5 Å². The summed E-state index contributed by atoms with van der Waals surface area (Å²) in [4.78, 5) is 13.1. The van der Waals surface area contributed by atoms with Gasteiger partial charge in [0.2, 0.25) is 11.8 Å². The summed E-state index contributed by atoms with van der Waals surface area (Å²) in [5.74, 6) is 2.22. The second-order valence-electron chi connectivity index (χ2n) is 4.91. The standard InChI is InChI=1S/C14H18N6O/c1-11-3-4-12(18-17-11)19-7-9-20(10-8-19)14-15-6-5-13(16-14)21-2/h3-6H,7-10H2,1-2H3. The lowest BCUT2D eigenvalue weighted by atomic mass is 10.3. The number of anilines is 2. The average molecular weight is 286 g/mol. The van der Waals surface area contributed by atoms with Crippen molar-refractivity contribution < 1.29 is 4.74 Å². The molecule has 1 aliphatic rings. The third kappa shape index (κ3) is 3.01. The molecule has 1 aliphatic heterocycles. The highest BCUT2D eigenvalue weighted by molar-refractivity contribution is 5.42. The molecule has 0 unspecified atom stereocenters. The van der Waals surface area contributed by atoms with Crippen LogP contribution in [0, 0.1) is 6.92 Å². The molecule has 110 valence electrons. The third-order valence-electron chi connectivity index (χ3n) is 3.50. The SMILES string of the molecule is COc1ccnc(N2CCN(c3ccc(C)nn3)CC2)n1. The first kappa shape index (κ1) is 13.5. The molecule has 3 heterocycles. The Kier molecular flexibility index (Phi) is 3.81. The number of aryl methyl sites for hydroxylation is 1. The van der Waals surface area contributed by atoms with Gasteiger partial charge in [0.15, 0.2) is 5.82 Å². The molecule has 1 saturated heterocycles.